The highest BCUT2D eigenvalue weighted by Gasteiger charge is 2.33. The number of carboxylic acids is 1. The van der Waals surface area contributed by atoms with E-state index in [4.69, 9.17) is 0 Å². The van der Waals surface area contributed by atoms with E-state index in [-0.39, 0.29) is 0 Å². The SMILES string of the molecule is Cc1ccnc(N2CCC(C)CC2C(=O)O)n1. The average molecular weight is 235 g/mol. The Morgan fingerprint density at radius 3 is 3.00 bits per heavy atom. The first-order valence-electron chi connectivity index (χ1n) is 5.87. The van der Waals surface area contributed by atoms with Crippen molar-refractivity contribution in [1.29, 1.82) is 0 Å². The van der Waals surface area contributed by atoms with Crippen LogP contribution >= 0.6 is 0 Å². The van der Waals surface area contributed by atoms with Gasteiger partial charge in [0.25, 0.3) is 0 Å². The van der Waals surface area contributed by atoms with Crippen molar-refractivity contribution in [2.24, 2.45) is 5.92 Å². The number of rotatable bonds is 2. The van der Waals surface area contributed by atoms with Crippen LogP contribution in [0, 0.1) is 12.8 Å². The van der Waals surface area contributed by atoms with Crippen LogP contribution in [-0.2, 0) is 4.79 Å². The Hall–Kier alpha value is -1.65. The topological polar surface area (TPSA) is 66.3 Å². The summed E-state index contributed by atoms with van der Waals surface area (Å²) in [6.45, 7) is 4.68. The van der Waals surface area contributed by atoms with Crippen molar-refractivity contribution < 1.29 is 9.90 Å². The number of aromatic nitrogens is 2. The fraction of sp³-hybridized carbons (Fsp3) is 0.583. The third-order valence-electron chi connectivity index (χ3n) is 3.19. The minimum atomic E-state index is -0.790. The van der Waals surface area contributed by atoms with Crippen LogP contribution in [0.15, 0.2) is 12.3 Å². The molecule has 5 nitrogen and oxygen atoms in total. The summed E-state index contributed by atoms with van der Waals surface area (Å²) >= 11 is 0. The summed E-state index contributed by atoms with van der Waals surface area (Å²) in [5, 5.41) is 9.26. The van der Waals surface area contributed by atoms with Crippen LogP contribution in [0.2, 0.25) is 0 Å². The molecule has 0 spiro atoms. The Balaban J connectivity index is 2.26. The molecule has 1 N–H and O–H groups in total. The molecule has 0 aliphatic carbocycles. The summed E-state index contributed by atoms with van der Waals surface area (Å²) in [5.41, 5.74) is 0.859. The van der Waals surface area contributed by atoms with Crippen molar-refractivity contribution in [2.45, 2.75) is 32.7 Å². The molecule has 1 aromatic rings. The molecular weight excluding hydrogens is 218 g/mol. The maximum Gasteiger partial charge on any atom is 0.326 e. The lowest BCUT2D eigenvalue weighted by Crippen LogP contribution is -2.47. The second kappa shape index (κ2) is 4.69. The van der Waals surface area contributed by atoms with E-state index in [9.17, 15) is 9.90 Å². The normalized spacial score (nSPS) is 24.7. The van der Waals surface area contributed by atoms with Crippen molar-refractivity contribution in [3.8, 4) is 0 Å². The van der Waals surface area contributed by atoms with Gasteiger partial charge in [-0.25, -0.2) is 14.8 Å². The number of carbonyl (C=O) groups is 1. The zero-order valence-electron chi connectivity index (χ0n) is 10.1. The van der Waals surface area contributed by atoms with Crippen molar-refractivity contribution >= 4 is 11.9 Å². The van der Waals surface area contributed by atoms with Gasteiger partial charge in [0.05, 0.1) is 0 Å². The Morgan fingerprint density at radius 2 is 2.35 bits per heavy atom. The minimum absolute atomic E-state index is 0.442. The second-order valence-corrected chi connectivity index (χ2v) is 4.68. The molecule has 0 aromatic carbocycles. The smallest absolute Gasteiger partial charge is 0.326 e. The standard InChI is InChI=1S/C12H17N3O2/c1-8-4-6-15(10(7-8)11(16)17)12-13-5-3-9(2)14-12/h3,5,8,10H,4,6-7H2,1-2H3,(H,16,17). The number of nitrogens with zero attached hydrogens (tertiary/aromatic N) is 3. The first kappa shape index (κ1) is 11.8. The Morgan fingerprint density at radius 1 is 1.59 bits per heavy atom. The van der Waals surface area contributed by atoms with Crippen LogP contribution in [0.4, 0.5) is 5.95 Å². The van der Waals surface area contributed by atoms with Crippen molar-refractivity contribution in [2.75, 3.05) is 11.4 Å². The van der Waals surface area contributed by atoms with Gasteiger partial charge in [-0.1, -0.05) is 6.92 Å². The van der Waals surface area contributed by atoms with Crippen LogP contribution in [0.1, 0.15) is 25.5 Å². The molecule has 2 unspecified atom stereocenters. The highest BCUT2D eigenvalue weighted by molar-refractivity contribution is 5.77. The molecule has 1 saturated heterocycles. The Bertz CT molecular complexity index is 422. The molecule has 1 aliphatic heterocycles. The summed E-state index contributed by atoms with van der Waals surface area (Å²) in [6, 6.07) is 1.31. The number of hydrogen-bond donors (Lipinski definition) is 1. The lowest BCUT2D eigenvalue weighted by Gasteiger charge is -2.35. The number of anilines is 1. The molecule has 1 aliphatic rings. The van der Waals surface area contributed by atoms with Crippen molar-refractivity contribution in [3.05, 3.63) is 18.0 Å². The molecule has 92 valence electrons. The van der Waals surface area contributed by atoms with Gasteiger partial charge < -0.3 is 10.0 Å². The van der Waals surface area contributed by atoms with Crippen LogP contribution in [0.5, 0.6) is 0 Å². The lowest BCUT2D eigenvalue weighted by molar-refractivity contribution is -0.139. The number of aryl methyl sites for hydroxylation is 1. The molecule has 17 heavy (non-hydrogen) atoms. The summed E-state index contributed by atoms with van der Waals surface area (Å²) in [7, 11) is 0. The van der Waals surface area contributed by atoms with Gasteiger partial charge >= 0.3 is 5.97 Å². The summed E-state index contributed by atoms with van der Waals surface area (Å²) in [4.78, 5) is 21.6. The lowest BCUT2D eigenvalue weighted by atomic mass is 9.93. The van der Waals surface area contributed by atoms with Gasteiger partial charge in [0, 0.05) is 18.4 Å². The monoisotopic (exact) mass is 235 g/mol. The molecular formula is C12H17N3O2. The third kappa shape index (κ3) is 2.54. The molecule has 1 aromatic heterocycles. The van der Waals surface area contributed by atoms with E-state index in [1.54, 1.807) is 11.1 Å². The van der Waals surface area contributed by atoms with E-state index in [1.165, 1.54) is 0 Å². The fourth-order valence-electron chi connectivity index (χ4n) is 2.19. The quantitative estimate of drug-likeness (QED) is 0.841. The molecule has 2 heterocycles. The molecule has 2 atom stereocenters. The van der Waals surface area contributed by atoms with E-state index in [0.29, 0.717) is 24.8 Å². The molecule has 0 bridgehead atoms. The van der Waals surface area contributed by atoms with E-state index < -0.39 is 12.0 Å². The number of carboxylic acid groups (broad SMARTS) is 1. The molecule has 2 rings (SSSR count). The van der Waals surface area contributed by atoms with E-state index in [2.05, 4.69) is 16.9 Å². The van der Waals surface area contributed by atoms with Gasteiger partial charge in [0.2, 0.25) is 5.95 Å². The average Bonchev–Trinajstić information content (AvgIpc) is 2.28. The van der Waals surface area contributed by atoms with Gasteiger partial charge in [0.1, 0.15) is 6.04 Å². The van der Waals surface area contributed by atoms with Crippen LogP contribution in [0.3, 0.4) is 0 Å². The predicted octanol–water partition coefficient (Wildman–Crippen LogP) is 1.47. The zero-order chi connectivity index (χ0) is 12.4. The van der Waals surface area contributed by atoms with Crippen LogP contribution in [0.25, 0.3) is 0 Å². The van der Waals surface area contributed by atoms with Crippen molar-refractivity contribution in [1.82, 2.24) is 9.97 Å². The van der Waals surface area contributed by atoms with Gasteiger partial charge in [-0.05, 0) is 31.7 Å². The largest absolute Gasteiger partial charge is 0.480 e. The highest BCUT2D eigenvalue weighted by atomic mass is 16.4. The highest BCUT2D eigenvalue weighted by Crippen LogP contribution is 2.25. The van der Waals surface area contributed by atoms with Gasteiger partial charge in [0.15, 0.2) is 0 Å². The number of hydrogen-bond acceptors (Lipinski definition) is 4. The number of aliphatic carboxylic acids is 1. The van der Waals surface area contributed by atoms with Crippen molar-refractivity contribution in [3.63, 3.8) is 0 Å². The van der Waals surface area contributed by atoms with E-state index in [1.807, 2.05) is 13.0 Å². The minimum Gasteiger partial charge on any atom is -0.480 e. The molecule has 1 fully saturated rings. The molecule has 0 saturated carbocycles. The maximum atomic E-state index is 11.3. The Kier molecular flexibility index (Phi) is 3.26. The third-order valence-corrected chi connectivity index (χ3v) is 3.19. The summed E-state index contributed by atoms with van der Waals surface area (Å²) in [6.07, 6.45) is 3.32. The first-order chi connectivity index (χ1) is 8.08. The summed E-state index contributed by atoms with van der Waals surface area (Å²) in [5.74, 6) is 0.183. The molecule has 0 amide bonds. The van der Waals surface area contributed by atoms with E-state index in [0.717, 1.165) is 12.1 Å². The Labute approximate surface area is 100 Å². The zero-order valence-corrected chi connectivity index (χ0v) is 10.1. The predicted molar refractivity (Wildman–Crippen MR) is 63.9 cm³/mol. The molecule has 0 radical (unpaired) electrons. The van der Waals surface area contributed by atoms with Gasteiger partial charge in [-0.3, -0.25) is 0 Å². The second-order valence-electron chi connectivity index (χ2n) is 4.68. The summed E-state index contributed by atoms with van der Waals surface area (Å²) < 4.78 is 0. The van der Waals surface area contributed by atoms with Gasteiger partial charge in [-0.2, -0.15) is 0 Å². The number of piperidine rings is 1. The molecule has 5 heteroatoms. The maximum absolute atomic E-state index is 11.3. The fourth-order valence-corrected chi connectivity index (χ4v) is 2.19. The van der Waals surface area contributed by atoms with Crippen LogP contribution in [-0.4, -0.2) is 33.6 Å². The van der Waals surface area contributed by atoms with Gasteiger partial charge in [-0.15, -0.1) is 0 Å². The van der Waals surface area contributed by atoms with Crippen LogP contribution < -0.4 is 4.90 Å². The first-order valence-corrected chi connectivity index (χ1v) is 5.87. The van der Waals surface area contributed by atoms with E-state index >= 15 is 0 Å².